The predicted octanol–water partition coefficient (Wildman–Crippen LogP) is 1.93. The third-order valence-electron chi connectivity index (χ3n) is 1.36. The molecule has 0 N–H and O–H groups in total. The van der Waals surface area contributed by atoms with E-state index in [2.05, 4.69) is 16.7 Å². The maximum Gasteiger partial charge on any atom is 0.135 e. The Balaban J connectivity index is 2.53. The number of aromatic nitrogens is 1. The Kier molecular flexibility index (Phi) is 3.70. The molecule has 68 valence electrons. The van der Waals surface area contributed by atoms with Gasteiger partial charge in [-0.15, -0.1) is 0 Å². The van der Waals surface area contributed by atoms with E-state index in [0.717, 1.165) is 11.4 Å². The molecule has 0 amide bonds. The van der Waals surface area contributed by atoms with E-state index in [1.165, 1.54) is 0 Å². The minimum atomic E-state index is 0.419. The van der Waals surface area contributed by atoms with Crippen molar-refractivity contribution in [2.24, 2.45) is 5.16 Å². The molecule has 0 aliphatic rings. The molecule has 1 heterocycles. The summed E-state index contributed by atoms with van der Waals surface area (Å²) in [6, 6.07) is 5.73. The second kappa shape index (κ2) is 5.09. The first kappa shape index (κ1) is 9.45. The molecule has 3 heteroatoms. The Hall–Kier alpha value is -1.64. The summed E-state index contributed by atoms with van der Waals surface area (Å²) in [7, 11) is 0. The number of aryl methyl sites for hydroxylation is 1. The van der Waals surface area contributed by atoms with Crippen molar-refractivity contribution in [1.82, 2.24) is 4.98 Å². The molecule has 1 rings (SSSR count). The Bertz CT molecular complexity index is 308. The lowest BCUT2D eigenvalue weighted by molar-refractivity contribution is 0.176. The summed E-state index contributed by atoms with van der Waals surface area (Å²) in [6.45, 7) is 5.86. The quantitative estimate of drug-likeness (QED) is 0.304. The average Bonchev–Trinajstić information content (AvgIpc) is 2.13. The van der Waals surface area contributed by atoms with Crippen LogP contribution in [0.2, 0.25) is 0 Å². The summed E-state index contributed by atoms with van der Waals surface area (Å²) in [6.07, 6.45) is 3.22. The predicted molar refractivity (Wildman–Crippen MR) is 52.7 cm³/mol. The molecule has 0 atom stereocenters. The highest BCUT2D eigenvalue weighted by atomic mass is 16.6. The van der Waals surface area contributed by atoms with E-state index in [0.29, 0.717) is 6.61 Å². The lowest BCUT2D eigenvalue weighted by Gasteiger charge is -1.94. The SMILES string of the molecule is C=CCON=Cc1cccc(C)n1. The van der Waals surface area contributed by atoms with Crippen LogP contribution in [0.3, 0.4) is 0 Å². The number of hydrogen-bond acceptors (Lipinski definition) is 3. The number of oxime groups is 1. The molecule has 0 spiro atoms. The maximum absolute atomic E-state index is 4.84. The van der Waals surface area contributed by atoms with Crippen molar-refractivity contribution in [3.63, 3.8) is 0 Å². The third kappa shape index (κ3) is 3.51. The number of rotatable bonds is 4. The molecular weight excluding hydrogens is 164 g/mol. The molecule has 0 fully saturated rings. The molecule has 0 unspecified atom stereocenters. The second-order valence-corrected chi connectivity index (χ2v) is 2.52. The first-order valence-corrected chi connectivity index (χ1v) is 4.03. The zero-order valence-electron chi connectivity index (χ0n) is 7.60. The van der Waals surface area contributed by atoms with Gasteiger partial charge in [-0.05, 0) is 19.1 Å². The van der Waals surface area contributed by atoms with E-state index in [1.807, 2.05) is 25.1 Å². The fraction of sp³-hybridized carbons (Fsp3) is 0.200. The van der Waals surface area contributed by atoms with Crippen LogP contribution >= 0.6 is 0 Å². The van der Waals surface area contributed by atoms with E-state index >= 15 is 0 Å². The molecule has 1 aromatic rings. The van der Waals surface area contributed by atoms with Crippen LogP contribution in [0, 0.1) is 6.92 Å². The zero-order valence-corrected chi connectivity index (χ0v) is 7.60. The van der Waals surface area contributed by atoms with Gasteiger partial charge in [0.2, 0.25) is 0 Å². The molecule has 3 nitrogen and oxygen atoms in total. The third-order valence-corrected chi connectivity index (χ3v) is 1.36. The topological polar surface area (TPSA) is 34.5 Å². The number of nitrogens with zero attached hydrogens (tertiary/aromatic N) is 2. The van der Waals surface area contributed by atoms with Crippen LogP contribution in [0.4, 0.5) is 0 Å². The number of hydrogen-bond donors (Lipinski definition) is 0. The molecule has 0 bridgehead atoms. The van der Waals surface area contributed by atoms with Gasteiger partial charge in [-0.25, -0.2) is 0 Å². The average molecular weight is 176 g/mol. The highest BCUT2D eigenvalue weighted by Crippen LogP contribution is 1.94. The van der Waals surface area contributed by atoms with Crippen molar-refractivity contribution in [2.45, 2.75) is 6.92 Å². The van der Waals surface area contributed by atoms with Crippen molar-refractivity contribution < 1.29 is 4.84 Å². The minimum absolute atomic E-state index is 0.419. The van der Waals surface area contributed by atoms with Crippen LogP contribution in [0.15, 0.2) is 36.0 Å². The minimum Gasteiger partial charge on any atom is -0.392 e. The van der Waals surface area contributed by atoms with Gasteiger partial charge in [-0.2, -0.15) is 0 Å². The van der Waals surface area contributed by atoms with Gasteiger partial charge in [0.1, 0.15) is 6.61 Å². The molecule has 0 saturated heterocycles. The summed E-state index contributed by atoms with van der Waals surface area (Å²) >= 11 is 0. The first-order chi connectivity index (χ1) is 6.33. The largest absolute Gasteiger partial charge is 0.392 e. The Morgan fingerprint density at radius 2 is 2.46 bits per heavy atom. The zero-order chi connectivity index (χ0) is 9.52. The molecular formula is C10H12N2O. The van der Waals surface area contributed by atoms with Gasteiger partial charge in [0.15, 0.2) is 0 Å². The second-order valence-electron chi connectivity index (χ2n) is 2.52. The molecule has 0 aliphatic heterocycles. The first-order valence-electron chi connectivity index (χ1n) is 4.03. The van der Waals surface area contributed by atoms with E-state index in [9.17, 15) is 0 Å². The fourth-order valence-corrected chi connectivity index (χ4v) is 0.823. The monoisotopic (exact) mass is 176 g/mol. The molecule has 13 heavy (non-hydrogen) atoms. The standard InChI is InChI=1S/C10H12N2O/c1-3-7-13-11-8-10-6-4-5-9(2)12-10/h3-6,8H,1,7H2,2H3. The Morgan fingerprint density at radius 3 is 3.15 bits per heavy atom. The lowest BCUT2D eigenvalue weighted by Crippen LogP contribution is -1.90. The van der Waals surface area contributed by atoms with E-state index in [1.54, 1.807) is 12.3 Å². The fourth-order valence-electron chi connectivity index (χ4n) is 0.823. The smallest absolute Gasteiger partial charge is 0.135 e. The van der Waals surface area contributed by atoms with E-state index in [4.69, 9.17) is 4.84 Å². The van der Waals surface area contributed by atoms with Gasteiger partial charge in [0.05, 0.1) is 11.9 Å². The summed E-state index contributed by atoms with van der Waals surface area (Å²) in [5.41, 5.74) is 1.76. The van der Waals surface area contributed by atoms with E-state index in [-0.39, 0.29) is 0 Å². The van der Waals surface area contributed by atoms with Gasteiger partial charge in [-0.1, -0.05) is 23.9 Å². The Labute approximate surface area is 77.7 Å². The van der Waals surface area contributed by atoms with Gasteiger partial charge < -0.3 is 4.84 Å². The molecule has 0 radical (unpaired) electrons. The molecule has 0 saturated carbocycles. The van der Waals surface area contributed by atoms with Crippen LogP contribution in [-0.4, -0.2) is 17.8 Å². The molecule has 0 aromatic carbocycles. The van der Waals surface area contributed by atoms with Crippen molar-refractivity contribution >= 4 is 6.21 Å². The van der Waals surface area contributed by atoms with Crippen molar-refractivity contribution in [3.05, 3.63) is 42.2 Å². The molecule has 0 aliphatic carbocycles. The summed E-state index contributed by atoms with van der Waals surface area (Å²) < 4.78 is 0. The number of pyridine rings is 1. The molecule has 1 aromatic heterocycles. The summed E-state index contributed by atoms with van der Waals surface area (Å²) in [4.78, 5) is 9.05. The van der Waals surface area contributed by atoms with Crippen LogP contribution in [0.1, 0.15) is 11.4 Å². The van der Waals surface area contributed by atoms with Crippen LogP contribution in [0.25, 0.3) is 0 Å². The summed E-state index contributed by atoms with van der Waals surface area (Å²) in [5, 5.41) is 3.71. The van der Waals surface area contributed by atoms with Crippen molar-refractivity contribution in [1.29, 1.82) is 0 Å². The lowest BCUT2D eigenvalue weighted by atomic mass is 10.3. The van der Waals surface area contributed by atoms with Crippen LogP contribution < -0.4 is 0 Å². The Morgan fingerprint density at radius 1 is 1.62 bits per heavy atom. The van der Waals surface area contributed by atoms with Gasteiger partial charge in [0.25, 0.3) is 0 Å². The van der Waals surface area contributed by atoms with Crippen LogP contribution in [0.5, 0.6) is 0 Å². The van der Waals surface area contributed by atoms with E-state index < -0.39 is 0 Å². The van der Waals surface area contributed by atoms with Gasteiger partial charge in [0, 0.05) is 5.69 Å². The van der Waals surface area contributed by atoms with Gasteiger partial charge >= 0.3 is 0 Å². The van der Waals surface area contributed by atoms with Crippen LogP contribution in [-0.2, 0) is 4.84 Å². The highest BCUT2D eigenvalue weighted by Gasteiger charge is 1.88. The van der Waals surface area contributed by atoms with Crippen molar-refractivity contribution in [3.8, 4) is 0 Å². The maximum atomic E-state index is 4.84. The normalized spacial score (nSPS) is 10.2. The van der Waals surface area contributed by atoms with Gasteiger partial charge in [-0.3, -0.25) is 4.98 Å². The summed E-state index contributed by atoms with van der Waals surface area (Å²) in [5.74, 6) is 0. The highest BCUT2D eigenvalue weighted by molar-refractivity contribution is 5.76. The van der Waals surface area contributed by atoms with Crippen molar-refractivity contribution in [2.75, 3.05) is 6.61 Å².